The van der Waals surface area contributed by atoms with Gasteiger partial charge in [0.2, 0.25) is 0 Å². The van der Waals surface area contributed by atoms with Gasteiger partial charge in [0.15, 0.2) is 0 Å². The number of likely N-dealkylation sites (tertiary alicyclic amines) is 1. The van der Waals surface area contributed by atoms with Gasteiger partial charge in [-0.3, -0.25) is 4.79 Å². The van der Waals surface area contributed by atoms with Crippen LogP contribution in [0.5, 0.6) is 0 Å². The zero-order valence-corrected chi connectivity index (χ0v) is 18.3. The van der Waals surface area contributed by atoms with Crippen molar-refractivity contribution in [1.82, 2.24) is 9.88 Å². The van der Waals surface area contributed by atoms with E-state index in [1.807, 2.05) is 0 Å². The van der Waals surface area contributed by atoms with E-state index in [0.717, 1.165) is 18.9 Å². The average Bonchev–Trinajstić information content (AvgIpc) is 2.78. The maximum Gasteiger partial charge on any atom is 0.416 e. The van der Waals surface area contributed by atoms with E-state index >= 15 is 0 Å². The molecule has 2 aliphatic heterocycles. The Kier molecular flexibility index (Phi) is 6.48. The lowest BCUT2D eigenvalue weighted by molar-refractivity contribution is -0.138. The summed E-state index contributed by atoms with van der Waals surface area (Å²) in [6.07, 6.45) is -1.28. The molecule has 1 saturated heterocycles. The Labute approximate surface area is 189 Å². The van der Waals surface area contributed by atoms with E-state index in [9.17, 15) is 18.0 Å². The summed E-state index contributed by atoms with van der Waals surface area (Å²) in [5.74, 6) is 0.403. The summed E-state index contributed by atoms with van der Waals surface area (Å²) >= 11 is 5.99. The fourth-order valence-corrected chi connectivity index (χ4v) is 4.39. The summed E-state index contributed by atoms with van der Waals surface area (Å²) in [7, 11) is 1.67. The van der Waals surface area contributed by atoms with Gasteiger partial charge in [-0.15, -0.1) is 0 Å². The zero-order chi connectivity index (χ0) is 22.9. The Balaban J connectivity index is 1.59. The Bertz CT molecular complexity index is 994. The van der Waals surface area contributed by atoms with Crippen molar-refractivity contribution in [3.05, 3.63) is 52.2 Å². The number of alkyl halides is 3. The molecule has 3 heterocycles. The third kappa shape index (κ3) is 4.78. The number of rotatable bonds is 4. The van der Waals surface area contributed by atoms with Crippen LogP contribution in [-0.2, 0) is 17.5 Å². The zero-order valence-electron chi connectivity index (χ0n) is 17.6. The Morgan fingerprint density at radius 2 is 2.00 bits per heavy atom. The van der Waals surface area contributed by atoms with E-state index in [-0.39, 0.29) is 29.1 Å². The molecule has 1 aromatic carbocycles. The number of ether oxygens (including phenoxy) is 1. The van der Waals surface area contributed by atoms with Crippen molar-refractivity contribution >= 4 is 29.0 Å². The van der Waals surface area contributed by atoms with Gasteiger partial charge in [-0.25, -0.2) is 4.98 Å². The lowest BCUT2D eigenvalue weighted by Crippen LogP contribution is -2.41. The number of pyridine rings is 1. The van der Waals surface area contributed by atoms with Gasteiger partial charge in [0, 0.05) is 51.1 Å². The molecule has 0 radical (unpaired) electrons. The van der Waals surface area contributed by atoms with Crippen LogP contribution in [0.25, 0.3) is 0 Å². The predicted octanol–water partition coefficient (Wildman–Crippen LogP) is 4.44. The number of benzene rings is 1. The van der Waals surface area contributed by atoms with Crippen LogP contribution >= 0.6 is 11.6 Å². The second-order valence-electron chi connectivity index (χ2n) is 7.97. The number of halogens is 4. The average molecular weight is 469 g/mol. The number of hydrogen-bond donors (Lipinski definition) is 1. The van der Waals surface area contributed by atoms with Crippen LogP contribution in [0.15, 0.2) is 30.5 Å². The van der Waals surface area contributed by atoms with Gasteiger partial charge in [0.05, 0.1) is 22.9 Å². The summed E-state index contributed by atoms with van der Waals surface area (Å²) in [4.78, 5) is 21.0. The minimum atomic E-state index is -4.48. The molecular weight excluding hydrogens is 445 g/mol. The monoisotopic (exact) mass is 468 g/mol. The number of amides is 1. The number of hydrogen-bond acceptors (Lipinski definition) is 5. The molecule has 0 unspecified atom stereocenters. The molecule has 10 heteroatoms. The highest BCUT2D eigenvalue weighted by atomic mass is 35.5. The number of methoxy groups -OCH3 is 1. The number of nitrogens with one attached hydrogen (secondary N) is 1. The summed E-state index contributed by atoms with van der Waals surface area (Å²) in [5, 5.41) is 3.39. The molecule has 6 nitrogen and oxygen atoms in total. The molecule has 0 atom stereocenters. The lowest BCUT2D eigenvalue weighted by Gasteiger charge is -2.33. The molecule has 1 amide bonds. The van der Waals surface area contributed by atoms with Crippen LogP contribution in [0.3, 0.4) is 0 Å². The van der Waals surface area contributed by atoms with E-state index in [2.05, 4.69) is 10.3 Å². The van der Waals surface area contributed by atoms with Gasteiger partial charge in [0.25, 0.3) is 5.91 Å². The molecule has 0 spiro atoms. The van der Waals surface area contributed by atoms with Gasteiger partial charge in [-0.2, -0.15) is 13.2 Å². The first kappa shape index (κ1) is 22.7. The van der Waals surface area contributed by atoms with E-state index in [0.29, 0.717) is 43.2 Å². The molecule has 0 saturated carbocycles. The number of aromatic nitrogens is 1. The normalized spacial score (nSPS) is 17.2. The molecule has 1 fully saturated rings. The highest BCUT2D eigenvalue weighted by Gasteiger charge is 2.34. The minimum absolute atomic E-state index is 0.00262. The lowest BCUT2D eigenvalue weighted by atomic mass is 10.0. The van der Waals surface area contributed by atoms with Crippen molar-refractivity contribution in [1.29, 1.82) is 0 Å². The number of carbonyl (C=O) groups is 1. The fourth-order valence-electron chi connectivity index (χ4n) is 4.19. The van der Waals surface area contributed by atoms with Crippen molar-refractivity contribution in [3.63, 3.8) is 0 Å². The number of carbonyl (C=O) groups excluding carboxylic acids is 1. The standard InChI is InChI=1S/C22H24ClF3N4O2/c1-32-17-4-7-29(8-5-17)21(31)14-11-19-20(28-12-14)27-6-9-30(19)13-15-10-16(23)2-3-18(15)22(24,25)26/h2-3,10-12,17H,4-9,13H2,1H3,(H,27,28). The molecule has 0 bridgehead atoms. The maximum absolute atomic E-state index is 13.5. The van der Waals surface area contributed by atoms with Crippen molar-refractivity contribution in [2.75, 3.05) is 43.5 Å². The van der Waals surface area contributed by atoms with E-state index in [1.54, 1.807) is 23.0 Å². The Morgan fingerprint density at radius 1 is 1.25 bits per heavy atom. The summed E-state index contributed by atoms with van der Waals surface area (Å²) < 4.78 is 45.9. The first-order chi connectivity index (χ1) is 15.3. The molecule has 1 aromatic heterocycles. The first-order valence-electron chi connectivity index (χ1n) is 10.4. The van der Waals surface area contributed by atoms with E-state index < -0.39 is 11.7 Å². The molecule has 172 valence electrons. The van der Waals surface area contributed by atoms with Crippen LogP contribution in [0.1, 0.15) is 34.3 Å². The summed E-state index contributed by atoms with van der Waals surface area (Å²) in [5.41, 5.74) is 0.372. The Hall–Kier alpha value is -2.52. The van der Waals surface area contributed by atoms with Gasteiger partial charge in [0.1, 0.15) is 5.82 Å². The smallest absolute Gasteiger partial charge is 0.381 e. The predicted molar refractivity (Wildman–Crippen MR) is 116 cm³/mol. The SMILES string of the molecule is COC1CCN(C(=O)c2cnc3c(c2)N(Cc2cc(Cl)ccc2C(F)(F)F)CCN3)CC1. The summed E-state index contributed by atoms with van der Waals surface area (Å²) in [6, 6.07) is 5.29. The molecular formula is C22H24ClF3N4O2. The molecule has 2 aliphatic rings. The number of piperidine rings is 1. The number of nitrogens with zero attached hydrogens (tertiary/aromatic N) is 3. The van der Waals surface area contributed by atoms with Gasteiger partial charge >= 0.3 is 6.18 Å². The molecule has 4 rings (SSSR count). The van der Waals surface area contributed by atoms with Crippen LogP contribution in [0.4, 0.5) is 24.7 Å². The van der Waals surface area contributed by atoms with Crippen LogP contribution in [-0.4, -0.2) is 55.2 Å². The first-order valence-corrected chi connectivity index (χ1v) is 10.8. The third-order valence-corrected chi connectivity index (χ3v) is 6.16. The fraction of sp³-hybridized carbons (Fsp3) is 0.455. The number of fused-ring (bicyclic) bond motifs is 1. The van der Waals surface area contributed by atoms with Crippen molar-refractivity contribution in [3.8, 4) is 0 Å². The van der Waals surface area contributed by atoms with Crippen molar-refractivity contribution < 1.29 is 22.7 Å². The second kappa shape index (κ2) is 9.15. The van der Waals surface area contributed by atoms with Gasteiger partial charge in [-0.1, -0.05) is 11.6 Å². The van der Waals surface area contributed by atoms with Gasteiger partial charge in [-0.05, 0) is 42.7 Å². The maximum atomic E-state index is 13.5. The van der Waals surface area contributed by atoms with Crippen LogP contribution in [0, 0.1) is 0 Å². The summed E-state index contributed by atoms with van der Waals surface area (Å²) in [6.45, 7) is 2.18. The van der Waals surface area contributed by atoms with Gasteiger partial charge < -0.3 is 19.9 Å². The van der Waals surface area contributed by atoms with Crippen molar-refractivity contribution in [2.24, 2.45) is 0 Å². The minimum Gasteiger partial charge on any atom is -0.381 e. The topological polar surface area (TPSA) is 57.7 Å². The Morgan fingerprint density at radius 3 is 2.69 bits per heavy atom. The number of anilines is 2. The quantitative estimate of drug-likeness (QED) is 0.719. The largest absolute Gasteiger partial charge is 0.416 e. The second-order valence-corrected chi connectivity index (χ2v) is 8.40. The van der Waals surface area contributed by atoms with Crippen LogP contribution < -0.4 is 10.2 Å². The molecule has 1 N–H and O–H groups in total. The highest BCUT2D eigenvalue weighted by Crippen LogP contribution is 2.36. The molecule has 0 aliphatic carbocycles. The molecule has 2 aromatic rings. The highest BCUT2D eigenvalue weighted by molar-refractivity contribution is 6.30. The van der Waals surface area contributed by atoms with E-state index in [4.69, 9.17) is 16.3 Å². The molecule has 32 heavy (non-hydrogen) atoms. The van der Waals surface area contributed by atoms with Crippen molar-refractivity contribution in [2.45, 2.75) is 31.7 Å². The van der Waals surface area contributed by atoms with Crippen LogP contribution in [0.2, 0.25) is 5.02 Å². The third-order valence-electron chi connectivity index (χ3n) is 5.93. The van der Waals surface area contributed by atoms with E-state index in [1.165, 1.54) is 18.3 Å².